The number of carbonyl (C=O) groups is 2. The summed E-state index contributed by atoms with van der Waals surface area (Å²) in [6.07, 6.45) is 14.8. The van der Waals surface area contributed by atoms with E-state index in [9.17, 15) is 9.59 Å². The summed E-state index contributed by atoms with van der Waals surface area (Å²) in [4.78, 5) is 25.0. The van der Waals surface area contributed by atoms with Gasteiger partial charge in [0.25, 0.3) is 0 Å². The Labute approximate surface area is 183 Å². The zero-order valence-corrected chi connectivity index (χ0v) is 19.7. The first-order valence-corrected chi connectivity index (χ1v) is 12.8. The summed E-state index contributed by atoms with van der Waals surface area (Å²) in [7, 11) is 0. The van der Waals surface area contributed by atoms with Gasteiger partial charge in [0.15, 0.2) is 5.78 Å². The Morgan fingerprint density at radius 3 is 2.47 bits per heavy atom. The van der Waals surface area contributed by atoms with Crippen molar-refractivity contribution in [1.29, 1.82) is 0 Å². The Bertz CT molecular complexity index is 703. The Hall–Kier alpha value is -1.12. The van der Waals surface area contributed by atoms with Crippen LogP contribution in [0.5, 0.6) is 0 Å². The van der Waals surface area contributed by atoms with Crippen LogP contribution in [0.15, 0.2) is 11.6 Å². The van der Waals surface area contributed by atoms with Crippen LogP contribution in [0.25, 0.3) is 0 Å². The lowest BCUT2D eigenvalue weighted by Crippen LogP contribution is -2.51. The number of allylic oxidation sites excluding steroid dienone is 1. The summed E-state index contributed by atoms with van der Waals surface area (Å²) >= 11 is 0. The molecule has 3 heteroatoms. The molecular weight excluding hydrogens is 372 g/mol. The van der Waals surface area contributed by atoms with E-state index in [1.165, 1.54) is 31.3 Å². The maximum absolute atomic E-state index is 13.0. The van der Waals surface area contributed by atoms with Crippen molar-refractivity contribution in [3.05, 3.63) is 11.6 Å². The topological polar surface area (TPSA) is 43.4 Å². The third kappa shape index (κ3) is 3.58. The van der Waals surface area contributed by atoms with Gasteiger partial charge in [-0.3, -0.25) is 9.59 Å². The molecule has 4 aliphatic carbocycles. The van der Waals surface area contributed by atoms with Gasteiger partial charge in [0, 0.05) is 11.8 Å². The first-order chi connectivity index (χ1) is 14.3. The van der Waals surface area contributed by atoms with Crippen molar-refractivity contribution in [2.45, 2.75) is 111 Å². The second-order valence-electron chi connectivity index (χ2n) is 11.3. The smallest absolute Gasteiger partial charge is 0.309 e. The Kier molecular flexibility index (Phi) is 6.21. The largest absolute Gasteiger partial charge is 0.462 e. The maximum atomic E-state index is 13.0. The van der Waals surface area contributed by atoms with Crippen LogP contribution in [0.3, 0.4) is 0 Å². The molecule has 4 rings (SSSR count). The molecule has 3 saturated carbocycles. The molecule has 0 heterocycles. The molecule has 6 atom stereocenters. The average molecular weight is 415 g/mol. The highest BCUT2D eigenvalue weighted by molar-refractivity contribution is 5.91. The minimum atomic E-state index is 0.0688. The predicted molar refractivity (Wildman–Crippen MR) is 120 cm³/mol. The van der Waals surface area contributed by atoms with Crippen LogP contribution in [0.1, 0.15) is 105 Å². The monoisotopic (exact) mass is 414 g/mol. The van der Waals surface area contributed by atoms with Crippen molar-refractivity contribution in [1.82, 2.24) is 0 Å². The van der Waals surface area contributed by atoms with Crippen molar-refractivity contribution in [3.63, 3.8) is 0 Å². The van der Waals surface area contributed by atoms with Crippen LogP contribution in [0.2, 0.25) is 0 Å². The molecule has 4 aliphatic rings. The van der Waals surface area contributed by atoms with Crippen molar-refractivity contribution in [3.8, 4) is 0 Å². The second kappa shape index (κ2) is 8.43. The summed E-state index contributed by atoms with van der Waals surface area (Å²) in [5.74, 6) is 2.58. The van der Waals surface area contributed by atoms with Crippen molar-refractivity contribution >= 4 is 11.8 Å². The van der Waals surface area contributed by atoms with Gasteiger partial charge in [-0.2, -0.15) is 0 Å². The third-order valence-corrected chi connectivity index (χ3v) is 9.74. The van der Waals surface area contributed by atoms with E-state index < -0.39 is 0 Å². The zero-order valence-electron chi connectivity index (χ0n) is 19.7. The van der Waals surface area contributed by atoms with E-state index >= 15 is 0 Å². The number of rotatable bonds is 6. The molecular formula is C27H42O3. The van der Waals surface area contributed by atoms with Gasteiger partial charge in [-0.1, -0.05) is 46.1 Å². The van der Waals surface area contributed by atoms with Gasteiger partial charge in [-0.25, -0.2) is 0 Å². The van der Waals surface area contributed by atoms with Gasteiger partial charge < -0.3 is 4.74 Å². The van der Waals surface area contributed by atoms with E-state index in [0.29, 0.717) is 17.6 Å². The van der Waals surface area contributed by atoms with Crippen LogP contribution in [-0.4, -0.2) is 17.9 Å². The van der Waals surface area contributed by atoms with Gasteiger partial charge in [-0.05, 0) is 87.0 Å². The number of ketones is 1. The standard InChI is InChI=1S/C27H42O3/c1-5-7-18(8-6-2)25(29)30-24-12-11-22-21-10-9-19-17-20(28)13-15-26(19,3)23(21)14-16-27(22,24)4/h17-18,21-24H,5-16H2,1-4H3/t21-,22-,23-,24-,26-,27-/m0/s1. The summed E-state index contributed by atoms with van der Waals surface area (Å²) < 4.78 is 6.28. The molecule has 0 unspecified atom stereocenters. The maximum Gasteiger partial charge on any atom is 0.309 e. The molecule has 0 saturated heterocycles. The van der Waals surface area contributed by atoms with E-state index in [-0.39, 0.29) is 28.8 Å². The minimum absolute atomic E-state index is 0.0688. The molecule has 0 amide bonds. The van der Waals surface area contributed by atoms with E-state index in [4.69, 9.17) is 4.74 Å². The quantitative estimate of drug-likeness (QED) is 0.457. The lowest BCUT2D eigenvalue weighted by atomic mass is 9.47. The van der Waals surface area contributed by atoms with Crippen LogP contribution >= 0.6 is 0 Å². The highest BCUT2D eigenvalue weighted by atomic mass is 16.5. The molecule has 0 aromatic heterocycles. The minimum Gasteiger partial charge on any atom is -0.462 e. The molecule has 0 aromatic rings. The highest BCUT2D eigenvalue weighted by Crippen LogP contribution is 2.65. The van der Waals surface area contributed by atoms with E-state index in [1.54, 1.807) is 0 Å². The second-order valence-corrected chi connectivity index (χ2v) is 11.3. The fraction of sp³-hybridized carbons (Fsp3) is 0.852. The highest BCUT2D eigenvalue weighted by Gasteiger charge is 2.60. The summed E-state index contributed by atoms with van der Waals surface area (Å²) in [5, 5.41) is 0. The Balaban J connectivity index is 1.50. The van der Waals surface area contributed by atoms with E-state index in [1.807, 2.05) is 6.08 Å². The van der Waals surface area contributed by atoms with Crippen LogP contribution in [0, 0.1) is 34.5 Å². The molecule has 0 bridgehead atoms. The molecule has 3 nitrogen and oxygen atoms in total. The Morgan fingerprint density at radius 2 is 1.77 bits per heavy atom. The molecule has 30 heavy (non-hydrogen) atoms. The lowest BCUT2D eigenvalue weighted by molar-refractivity contribution is -0.165. The fourth-order valence-corrected chi connectivity index (χ4v) is 8.02. The molecule has 0 aliphatic heterocycles. The average Bonchev–Trinajstić information content (AvgIpc) is 3.04. The summed E-state index contributed by atoms with van der Waals surface area (Å²) in [5.41, 5.74) is 1.80. The van der Waals surface area contributed by atoms with Gasteiger partial charge in [0.1, 0.15) is 6.10 Å². The molecule has 0 N–H and O–H groups in total. The number of hydrogen-bond donors (Lipinski definition) is 0. The normalized spacial score (nSPS) is 40.4. The lowest BCUT2D eigenvalue weighted by Gasteiger charge is -2.57. The third-order valence-electron chi connectivity index (χ3n) is 9.74. The predicted octanol–water partition coefficient (Wildman–Crippen LogP) is 6.65. The molecule has 168 valence electrons. The Morgan fingerprint density at radius 1 is 1.03 bits per heavy atom. The molecule has 0 aromatic carbocycles. The molecule has 0 spiro atoms. The van der Waals surface area contributed by atoms with Crippen molar-refractivity contribution < 1.29 is 14.3 Å². The van der Waals surface area contributed by atoms with Crippen LogP contribution in [-0.2, 0) is 14.3 Å². The molecule has 3 fully saturated rings. The fourth-order valence-electron chi connectivity index (χ4n) is 8.02. The van der Waals surface area contributed by atoms with Crippen LogP contribution < -0.4 is 0 Å². The van der Waals surface area contributed by atoms with Gasteiger partial charge in [0.05, 0.1) is 5.92 Å². The van der Waals surface area contributed by atoms with Crippen LogP contribution in [0.4, 0.5) is 0 Å². The first kappa shape index (κ1) is 22.1. The zero-order chi connectivity index (χ0) is 21.5. The number of hydrogen-bond acceptors (Lipinski definition) is 3. The van der Waals surface area contributed by atoms with E-state index in [2.05, 4.69) is 27.7 Å². The summed E-state index contributed by atoms with van der Waals surface area (Å²) in [6, 6.07) is 0. The van der Waals surface area contributed by atoms with Crippen molar-refractivity contribution in [2.24, 2.45) is 34.5 Å². The number of fused-ring (bicyclic) bond motifs is 5. The van der Waals surface area contributed by atoms with Gasteiger partial charge in [0.2, 0.25) is 0 Å². The van der Waals surface area contributed by atoms with E-state index in [0.717, 1.165) is 57.3 Å². The number of ether oxygens (including phenoxy) is 1. The summed E-state index contributed by atoms with van der Waals surface area (Å²) in [6.45, 7) is 9.19. The molecule has 0 radical (unpaired) electrons. The van der Waals surface area contributed by atoms with Crippen molar-refractivity contribution in [2.75, 3.05) is 0 Å². The van der Waals surface area contributed by atoms with Gasteiger partial charge in [-0.15, -0.1) is 0 Å². The SMILES string of the molecule is CCCC(CCC)C(=O)O[C@H]1CC[C@H]2[C@@H]3CCC4=CC(=O)CC[C@]4(C)[C@H]3CC[C@]12C. The van der Waals surface area contributed by atoms with Gasteiger partial charge >= 0.3 is 5.97 Å². The number of carbonyl (C=O) groups excluding carboxylic acids is 2. The first-order valence-electron chi connectivity index (χ1n) is 12.8. The number of esters is 1.